The van der Waals surface area contributed by atoms with Crippen LogP contribution in [0.4, 0.5) is 5.69 Å². The number of hydrogen-bond acceptors (Lipinski definition) is 5. The first kappa shape index (κ1) is 21.1. The Balaban J connectivity index is 1.63. The smallest absolute Gasteiger partial charge is 0.195 e. The number of hydrogen-bond donors (Lipinski definition) is 2. The van der Waals surface area contributed by atoms with E-state index >= 15 is 0 Å². The lowest BCUT2D eigenvalue weighted by Gasteiger charge is -2.09. The molecule has 1 aliphatic heterocycles. The van der Waals surface area contributed by atoms with E-state index in [0.29, 0.717) is 33.1 Å². The van der Waals surface area contributed by atoms with E-state index in [0.717, 1.165) is 5.56 Å². The van der Waals surface area contributed by atoms with Gasteiger partial charge in [-0.25, -0.2) is 9.98 Å². The van der Waals surface area contributed by atoms with Crippen LogP contribution in [0.1, 0.15) is 15.9 Å². The Labute approximate surface area is 193 Å². The summed E-state index contributed by atoms with van der Waals surface area (Å²) < 4.78 is 9.02. The number of aliphatic imine (C=N–C) groups is 1. The fraction of sp³-hybridized carbons (Fsp3) is 0. The molecule has 0 atom stereocenters. The number of nitrogens with two attached hydrogens (primary N) is 1. The van der Waals surface area contributed by atoms with Crippen LogP contribution in [0.2, 0.25) is 5.02 Å². The third-order valence-electron chi connectivity index (χ3n) is 4.47. The Morgan fingerprint density at radius 1 is 1.19 bits per heavy atom. The molecule has 0 spiro atoms. The highest BCUT2D eigenvalue weighted by molar-refractivity contribution is 14.2. The molecule has 6 nitrogen and oxygen atoms in total. The molecule has 2 heterocycles. The number of aromatic nitrogens is 1. The predicted molar refractivity (Wildman–Crippen MR) is 133 cm³/mol. The molecule has 0 amide bonds. The molecule has 0 fully saturated rings. The summed E-state index contributed by atoms with van der Waals surface area (Å²) in [5.74, 6) is -0.166. The first-order chi connectivity index (χ1) is 15.0. The molecule has 0 saturated carbocycles. The maximum Gasteiger partial charge on any atom is 0.195 e. The van der Waals surface area contributed by atoms with Crippen LogP contribution in [0.5, 0.6) is 0 Å². The number of ketones is 1. The number of carbonyl (C=O) groups is 1. The summed E-state index contributed by atoms with van der Waals surface area (Å²) in [6.45, 7) is 0. The fourth-order valence-electron chi connectivity index (χ4n) is 2.89. The molecule has 0 bridgehead atoms. The van der Waals surface area contributed by atoms with Gasteiger partial charge in [-0.1, -0.05) is 68.7 Å². The lowest BCUT2D eigenvalue weighted by Crippen LogP contribution is -2.23. The number of oxazole rings is 1. The second kappa shape index (κ2) is 9.32. The number of Topliss-reactive ketones (excluding diaryl/α,β-unsaturated/α-hetero) is 1. The standard InChI is InChI=1S/C23H16ClIN4O2/c24-17-7-8-19(18(10-17)22(30)16-2-1-9-25-11-16)29-23(27)21(26)15-5-3-14(4-6-15)20-12-31-13-28-20/h1-13,26H,(H2,27,29). The molecule has 2 aromatic carbocycles. The quantitative estimate of drug-likeness (QED) is 0.187. The van der Waals surface area contributed by atoms with Gasteiger partial charge in [-0.3, -0.25) is 10.2 Å². The van der Waals surface area contributed by atoms with Gasteiger partial charge in [0, 0.05) is 27.3 Å². The molecule has 1 aromatic heterocycles. The average Bonchev–Trinajstić information content (AvgIpc) is 3.35. The number of halogens is 2. The molecule has 4 rings (SSSR count). The van der Waals surface area contributed by atoms with Crippen LogP contribution in [0, 0.1) is 5.41 Å². The Morgan fingerprint density at radius 2 is 2.00 bits per heavy atom. The summed E-state index contributed by atoms with van der Waals surface area (Å²) in [5.41, 5.74) is 9.68. The molecule has 3 aromatic rings. The molecular formula is C23H16ClIN4O2. The van der Waals surface area contributed by atoms with Crippen molar-refractivity contribution in [3.05, 3.63) is 93.1 Å². The minimum absolute atomic E-state index is 0.000479. The van der Waals surface area contributed by atoms with Crippen LogP contribution in [0.15, 0.2) is 86.3 Å². The van der Waals surface area contributed by atoms with Crippen molar-refractivity contribution in [2.75, 3.05) is 0 Å². The van der Waals surface area contributed by atoms with Crippen LogP contribution < -0.4 is 5.73 Å². The van der Waals surface area contributed by atoms with Crippen LogP contribution in [-0.4, -0.2) is 26.3 Å². The van der Waals surface area contributed by atoms with E-state index in [1.165, 1.54) is 6.39 Å². The summed E-state index contributed by atoms with van der Waals surface area (Å²) in [5, 5.41) is 8.85. The molecule has 0 radical (unpaired) electrons. The lowest BCUT2D eigenvalue weighted by molar-refractivity contribution is 0.104. The van der Waals surface area contributed by atoms with E-state index in [2.05, 4.69) is 14.1 Å². The molecule has 0 saturated heterocycles. The average molecular weight is 543 g/mol. The van der Waals surface area contributed by atoms with Gasteiger partial charge >= 0.3 is 0 Å². The molecule has 0 unspecified atom stereocenters. The van der Waals surface area contributed by atoms with Crippen LogP contribution in [0.25, 0.3) is 11.3 Å². The molecule has 1 aliphatic rings. The molecule has 154 valence electrons. The van der Waals surface area contributed by atoms with Gasteiger partial charge in [-0.2, -0.15) is 0 Å². The normalized spacial score (nSPS) is 13.5. The lowest BCUT2D eigenvalue weighted by atomic mass is 10.0. The van der Waals surface area contributed by atoms with E-state index < -0.39 is 0 Å². The van der Waals surface area contributed by atoms with Crippen LogP contribution in [-0.2, 0) is 0 Å². The van der Waals surface area contributed by atoms with E-state index in [1.807, 2.05) is 22.2 Å². The number of allylic oxidation sites excluding steroid dienone is 3. The highest BCUT2D eigenvalue weighted by atomic mass is 127. The second-order valence-electron chi connectivity index (χ2n) is 6.49. The zero-order valence-electron chi connectivity index (χ0n) is 16.0. The van der Waals surface area contributed by atoms with Crippen molar-refractivity contribution >= 4 is 59.4 Å². The van der Waals surface area contributed by atoms with E-state index in [9.17, 15) is 4.79 Å². The summed E-state index contributed by atoms with van der Waals surface area (Å²) in [6.07, 6.45) is 6.58. The summed E-state index contributed by atoms with van der Waals surface area (Å²) in [7, 11) is 0. The summed E-state index contributed by atoms with van der Waals surface area (Å²) in [4.78, 5) is 21.5. The number of benzene rings is 2. The van der Waals surface area contributed by atoms with Gasteiger partial charge in [0.1, 0.15) is 23.5 Å². The third kappa shape index (κ3) is 4.78. The van der Waals surface area contributed by atoms with Crippen molar-refractivity contribution < 1.29 is 9.21 Å². The summed E-state index contributed by atoms with van der Waals surface area (Å²) in [6, 6.07) is 12.0. The maximum atomic E-state index is 13.0. The van der Waals surface area contributed by atoms with Crippen molar-refractivity contribution in [3.63, 3.8) is 0 Å². The topological polar surface area (TPSA) is 105 Å². The fourth-order valence-corrected chi connectivity index (χ4v) is 4.59. The molecule has 8 heteroatoms. The van der Waals surface area contributed by atoms with Crippen molar-refractivity contribution in [3.8, 4) is 11.3 Å². The zero-order chi connectivity index (χ0) is 21.8. The Hall–Kier alpha value is -3.17. The van der Waals surface area contributed by atoms with Gasteiger partial charge in [-0.15, -0.1) is 0 Å². The van der Waals surface area contributed by atoms with Crippen molar-refractivity contribution in [1.29, 1.82) is 5.41 Å². The van der Waals surface area contributed by atoms with Gasteiger partial charge in [0.05, 0.1) is 5.69 Å². The largest absolute Gasteiger partial charge is 0.451 e. The van der Waals surface area contributed by atoms with Crippen molar-refractivity contribution in [2.24, 2.45) is 10.7 Å². The summed E-state index contributed by atoms with van der Waals surface area (Å²) >= 11 is 5.85. The first-order valence-corrected chi connectivity index (χ1v) is 12.0. The minimum atomic E-state index is -0.277. The second-order valence-corrected chi connectivity index (χ2v) is 8.99. The predicted octanol–water partition coefficient (Wildman–Crippen LogP) is 5.46. The van der Waals surface area contributed by atoms with Crippen LogP contribution >= 0.6 is 32.3 Å². The van der Waals surface area contributed by atoms with Gasteiger partial charge < -0.3 is 10.2 Å². The molecule has 31 heavy (non-hydrogen) atoms. The van der Waals surface area contributed by atoms with Gasteiger partial charge in [0.15, 0.2) is 12.2 Å². The Bertz CT molecular complexity index is 1270. The Kier molecular flexibility index (Phi) is 6.34. The van der Waals surface area contributed by atoms with Crippen molar-refractivity contribution in [2.45, 2.75) is 0 Å². The SMILES string of the molecule is N=C(C(N)=Nc1ccc(Cl)cc1C(=O)C1=CC=CI=C1)c1ccc(-c2cocn2)cc1. The van der Waals surface area contributed by atoms with Crippen molar-refractivity contribution in [1.82, 2.24) is 4.98 Å². The Morgan fingerprint density at radius 3 is 2.68 bits per heavy atom. The number of nitrogens with one attached hydrogen (secondary N) is 1. The van der Waals surface area contributed by atoms with Gasteiger partial charge in [0.25, 0.3) is 0 Å². The molecule has 0 aliphatic carbocycles. The highest BCUT2D eigenvalue weighted by Gasteiger charge is 2.17. The highest BCUT2D eigenvalue weighted by Crippen LogP contribution is 2.27. The monoisotopic (exact) mass is 542 g/mol. The zero-order valence-corrected chi connectivity index (χ0v) is 19.0. The maximum absolute atomic E-state index is 13.0. The van der Waals surface area contributed by atoms with E-state index in [-0.39, 0.29) is 38.1 Å². The van der Waals surface area contributed by atoms with E-state index in [4.69, 9.17) is 27.2 Å². The van der Waals surface area contributed by atoms with Gasteiger partial charge in [-0.05, 0) is 26.3 Å². The number of nitrogens with zero attached hydrogens (tertiary/aromatic N) is 2. The first-order valence-electron chi connectivity index (χ1n) is 9.11. The molecule has 3 N–H and O–H groups in total. The number of amidine groups is 1. The minimum Gasteiger partial charge on any atom is -0.451 e. The van der Waals surface area contributed by atoms with Gasteiger partial charge in [0.2, 0.25) is 0 Å². The van der Waals surface area contributed by atoms with E-state index in [1.54, 1.807) is 42.7 Å². The molecular weight excluding hydrogens is 527 g/mol. The third-order valence-corrected chi connectivity index (χ3v) is 6.56. The number of carbonyl (C=O) groups excluding carboxylic acids is 1. The van der Waals surface area contributed by atoms with Crippen LogP contribution in [0.3, 0.4) is 0 Å². The number of rotatable bonds is 6.